The lowest BCUT2D eigenvalue weighted by molar-refractivity contribution is 0.478. The molecule has 0 radical (unpaired) electrons. The maximum Gasteiger partial charge on any atom is 0.243 e. The molecule has 0 amide bonds. The molecule has 0 unspecified atom stereocenters. The topological polar surface area (TPSA) is 98.0 Å². The second kappa shape index (κ2) is 5.92. The molecular formula is C10H18N4O2S. The van der Waals surface area contributed by atoms with Crippen LogP contribution in [0.25, 0.3) is 0 Å². The summed E-state index contributed by atoms with van der Waals surface area (Å²) in [5.41, 5.74) is 5.30. The second-order valence-electron chi connectivity index (χ2n) is 3.81. The van der Waals surface area contributed by atoms with Gasteiger partial charge in [-0.1, -0.05) is 26.7 Å². The molecule has 0 fully saturated rings. The summed E-state index contributed by atoms with van der Waals surface area (Å²) >= 11 is 0. The molecule has 0 atom stereocenters. The smallest absolute Gasteiger partial charge is 0.243 e. The number of nitrogens with zero attached hydrogens (tertiary/aromatic N) is 2. The Morgan fingerprint density at radius 2 is 1.82 bits per heavy atom. The minimum atomic E-state index is -3.52. The van der Waals surface area contributed by atoms with Crippen LogP contribution < -0.4 is 10.5 Å². The summed E-state index contributed by atoms with van der Waals surface area (Å²) in [4.78, 5) is 7.36. The van der Waals surface area contributed by atoms with Crippen LogP contribution in [0.3, 0.4) is 0 Å². The zero-order valence-corrected chi connectivity index (χ0v) is 10.9. The van der Waals surface area contributed by atoms with Gasteiger partial charge in [0.2, 0.25) is 16.0 Å². The Bertz CT molecular complexity index is 440. The summed E-state index contributed by atoms with van der Waals surface area (Å²) < 4.78 is 26.2. The third-order valence-electron chi connectivity index (χ3n) is 2.68. The Balaban J connectivity index is 2.72. The molecule has 0 aliphatic carbocycles. The van der Waals surface area contributed by atoms with Crippen LogP contribution in [0, 0.1) is 5.92 Å². The van der Waals surface area contributed by atoms with Crippen molar-refractivity contribution in [3.8, 4) is 0 Å². The van der Waals surface area contributed by atoms with Crippen LogP contribution >= 0.6 is 0 Å². The van der Waals surface area contributed by atoms with Crippen molar-refractivity contribution in [2.24, 2.45) is 5.92 Å². The highest BCUT2D eigenvalue weighted by Crippen LogP contribution is 2.09. The van der Waals surface area contributed by atoms with Gasteiger partial charge in [-0.2, -0.15) is 0 Å². The van der Waals surface area contributed by atoms with Crippen LogP contribution in [-0.2, 0) is 10.0 Å². The largest absolute Gasteiger partial charge is 0.368 e. The fraction of sp³-hybridized carbons (Fsp3) is 0.600. The summed E-state index contributed by atoms with van der Waals surface area (Å²) in [6, 6.07) is 0. The van der Waals surface area contributed by atoms with E-state index in [9.17, 15) is 8.42 Å². The number of aromatic nitrogens is 2. The predicted molar refractivity (Wildman–Crippen MR) is 65.7 cm³/mol. The number of hydrogen-bond acceptors (Lipinski definition) is 5. The maximum atomic E-state index is 11.8. The first-order valence-electron chi connectivity index (χ1n) is 5.56. The van der Waals surface area contributed by atoms with Gasteiger partial charge >= 0.3 is 0 Å². The van der Waals surface area contributed by atoms with E-state index in [1.807, 2.05) is 13.8 Å². The van der Waals surface area contributed by atoms with E-state index in [1.54, 1.807) is 0 Å². The van der Waals surface area contributed by atoms with Crippen molar-refractivity contribution in [1.82, 2.24) is 14.7 Å². The van der Waals surface area contributed by atoms with Crippen LogP contribution in [0.2, 0.25) is 0 Å². The number of anilines is 1. The first-order chi connectivity index (χ1) is 7.99. The first-order valence-corrected chi connectivity index (χ1v) is 7.05. The maximum absolute atomic E-state index is 11.8. The van der Waals surface area contributed by atoms with Crippen LogP contribution in [-0.4, -0.2) is 24.9 Å². The monoisotopic (exact) mass is 258 g/mol. The van der Waals surface area contributed by atoms with Gasteiger partial charge < -0.3 is 5.73 Å². The molecule has 17 heavy (non-hydrogen) atoms. The Hall–Kier alpha value is -1.21. The van der Waals surface area contributed by atoms with Crippen molar-refractivity contribution in [3.05, 3.63) is 12.4 Å². The van der Waals surface area contributed by atoms with Gasteiger partial charge in [0, 0.05) is 6.54 Å². The average molecular weight is 258 g/mol. The van der Waals surface area contributed by atoms with E-state index in [0.29, 0.717) is 12.5 Å². The molecule has 0 aliphatic rings. The number of nitrogen functional groups attached to an aromatic ring is 1. The van der Waals surface area contributed by atoms with E-state index >= 15 is 0 Å². The number of nitrogens with two attached hydrogens (primary N) is 1. The van der Waals surface area contributed by atoms with Gasteiger partial charge in [-0.15, -0.1) is 0 Å². The normalized spacial score (nSPS) is 11.9. The lowest BCUT2D eigenvalue weighted by Crippen LogP contribution is -2.29. The molecule has 0 aromatic carbocycles. The second-order valence-corrected chi connectivity index (χ2v) is 5.58. The van der Waals surface area contributed by atoms with Crippen LogP contribution in [0.5, 0.6) is 0 Å². The minimum absolute atomic E-state index is 0.0395. The number of nitrogens with one attached hydrogen (secondary N) is 1. The molecule has 3 N–H and O–H groups in total. The van der Waals surface area contributed by atoms with Crippen LogP contribution in [0.15, 0.2) is 17.3 Å². The Labute approximate surface area is 102 Å². The average Bonchev–Trinajstić information content (AvgIpc) is 2.31. The van der Waals surface area contributed by atoms with Crippen molar-refractivity contribution >= 4 is 16.0 Å². The van der Waals surface area contributed by atoms with Crippen molar-refractivity contribution in [3.63, 3.8) is 0 Å². The predicted octanol–water partition coefficient (Wildman–Crippen LogP) is 0.773. The van der Waals surface area contributed by atoms with E-state index in [1.165, 1.54) is 12.4 Å². The van der Waals surface area contributed by atoms with E-state index in [-0.39, 0.29) is 10.8 Å². The third-order valence-corrected chi connectivity index (χ3v) is 4.05. The summed E-state index contributed by atoms with van der Waals surface area (Å²) in [7, 11) is -3.52. The Morgan fingerprint density at radius 1 is 1.29 bits per heavy atom. The van der Waals surface area contributed by atoms with Gasteiger partial charge in [0.05, 0.1) is 12.4 Å². The molecule has 0 spiro atoms. The Morgan fingerprint density at radius 3 is 2.29 bits per heavy atom. The standard InChI is InChI=1S/C10H18N4O2S/c1-3-8(4-2)5-14-17(15,16)9-6-12-10(11)13-7-9/h6-8,14H,3-5H2,1-2H3,(H2,11,12,13). The molecule has 1 heterocycles. The molecule has 1 aromatic rings. The molecule has 0 saturated carbocycles. The molecule has 0 saturated heterocycles. The highest BCUT2D eigenvalue weighted by Gasteiger charge is 2.16. The fourth-order valence-electron chi connectivity index (χ4n) is 1.35. The minimum Gasteiger partial charge on any atom is -0.368 e. The summed E-state index contributed by atoms with van der Waals surface area (Å²) in [6.07, 6.45) is 4.30. The summed E-state index contributed by atoms with van der Waals surface area (Å²) in [6.45, 7) is 4.50. The van der Waals surface area contributed by atoms with Crippen molar-refractivity contribution in [2.75, 3.05) is 12.3 Å². The molecule has 1 rings (SSSR count). The molecule has 1 aromatic heterocycles. The quantitative estimate of drug-likeness (QED) is 0.785. The van der Waals surface area contributed by atoms with Crippen LogP contribution in [0.1, 0.15) is 26.7 Å². The van der Waals surface area contributed by atoms with E-state index in [4.69, 9.17) is 5.73 Å². The summed E-state index contributed by atoms with van der Waals surface area (Å²) in [5.74, 6) is 0.406. The van der Waals surface area contributed by atoms with Gasteiger partial charge in [-0.3, -0.25) is 0 Å². The van der Waals surface area contributed by atoms with E-state index < -0.39 is 10.0 Å². The lowest BCUT2D eigenvalue weighted by Gasteiger charge is -2.13. The third kappa shape index (κ3) is 3.94. The molecular weight excluding hydrogens is 240 g/mol. The molecule has 0 bridgehead atoms. The SMILES string of the molecule is CCC(CC)CNS(=O)(=O)c1cnc(N)nc1. The molecule has 0 aliphatic heterocycles. The fourth-order valence-corrected chi connectivity index (χ4v) is 2.36. The summed E-state index contributed by atoms with van der Waals surface area (Å²) in [5, 5.41) is 0. The lowest BCUT2D eigenvalue weighted by atomic mass is 10.0. The highest BCUT2D eigenvalue weighted by atomic mass is 32.2. The molecule has 7 heteroatoms. The van der Waals surface area contributed by atoms with Gasteiger partial charge in [0.25, 0.3) is 0 Å². The van der Waals surface area contributed by atoms with Crippen molar-refractivity contribution in [2.45, 2.75) is 31.6 Å². The van der Waals surface area contributed by atoms with E-state index in [0.717, 1.165) is 12.8 Å². The van der Waals surface area contributed by atoms with Crippen molar-refractivity contribution in [1.29, 1.82) is 0 Å². The molecule has 96 valence electrons. The highest BCUT2D eigenvalue weighted by molar-refractivity contribution is 7.89. The van der Waals surface area contributed by atoms with Crippen molar-refractivity contribution < 1.29 is 8.42 Å². The first kappa shape index (κ1) is 13.9. The van der Waals surface area contributed by atoms with Crippen LogP contribution in [0.4, 0.5) is 5.95 Å². The number of rotatable bonds is 6. The van der Waals surface area contributed by atoms with Gasteiger partial charge in [0.15, 0.2) is 0 Å². The number of sulfonamides is 1. The molecule has 6 nitrogen and oxygen atoms in total. The van der Waals surface area contributed by atoms with Gasteiger partial charge in [0.1, 0.15) is 4.90 Å². The van der Waals surface area contributed by atoms with Gasteiger partial charge in [-0.25, -0.2) is 23.1 Å². The number of hydrogen-bond donors (Lipinski definition) is 2. The van der Waals surface area contributed by atoms with E-state index in [2.05, 4.69) is 14.7 Å². The van der Waals surface area contributed by atoms with Gasteiger partial charge in [-0.05, 0) is 5.92 Å². The Kier molecular flexibility index (Phi) is 4.83. The zero-order chi connectivity index (χ0) is 12.9. The zero-order valence-electron chi connectivity index (χ0n) is 10.0.